The van der Waals surface area contributed by atoms with E-state index in [1.54, 1.807) is 0 Å². The van der Waals surface area contributed by atoms with E-state index in [0.717, 1.165) is 32.6 Å². The maximum absolute atomic E-state index is 11.1. The average Bonchev–Trinajstić information content (AvgIpc) is 2.27. The Kier molecular flexibility index (Phi) is 6.60. The van der Waals surface area contributed by atoms with E-state index in [4.69, 9.17) is 9.84 Å². The van der Waals surface area contributed by atoms with Crippen molar-refractivity contribution in [2.45, 2.75) is 51.9 Å². The molecule has 1 aliphatic rings. The molecule has 0 aromatic carbocycles. The summed E-state index contributed by atoms with van der Waals surface area (Å²) in [6, 6.07) is -0.432. The molecule has 1 rings (SSSR count). The van der Waals surface area contributed by atoms with Crippen LogP contribution in [-0.2, 0) is 9.53 Å². The van der Waals surface area contributed by atoms with Gasteiger partial charge in [-0.25, -0.2) is 0 Å². The first kappa shape index (κ1) is 15.4. The Labute approximate surface area is 109 Å². The minimum absolute atomic E-state index is 0.237. The van der Waals surface area contributed by atoms with Gasteiger partial charge in [0.15, 0.2) is 0 Å². The molecule has 2 N–H and O–H groups in total. The van der Waals surface area contributed by atoms with Crippen LogP contribution in [0.5, 0.6) is 0 Å². The van der Waals surface area contributed by atoms with E-state index >= 15 is 0 Å². The van der Waals surface area contributed by atoms with E-state index in [9.17, 15) is 4.79 Å². The van der Waals surface area contributed by atoms with Gasteiger partial charge in [-0.15, -0.1) is 0 Å². The van der Waals surface area contributed by atoms with Crippen molar-refractivity contribution in [3.63, 3.8) is 0 Å². The zero-order chi connectivity index (χ0) is 13.5. The molecule has 1 saturated heterocycles. The van der Waals surface area contributed by atoms with Crippen molar-refractivity contribution in [2.24, 2.45) is 0 Å². The first-order valence-electron chi connectivity index (χ1n) is 6.87. The lowest BCUT2D eigenvalue weighted by Crippen LogP contribution is -2.47. The summed E-state index contributed by atoms with van der Waals surface area (Å²) in [6.07, 6.45) is 2.07. The maximum atomic E-state index is 11.1. The number of rotatable bonds is 7. The van der Waals surface area contributed by atoms with Gasteiger partial charge in [-0.2, -0.15) is 0 Å². The fourth-order valence-electron chi connectivity index (χ4n) is 2.41. The summed E-state index contributed by atoms with van der Waals surface area (Å²) >= 11 is 0. The van der Waals surface area contributed by atoms with Gasteiger partial charge < -0.3 is 15.2 Å². The van der Waals surface area contributed by atoms with Gasteiger partial charge in [0.1, 0.15) is 6.04 Å². The van der Waals surface area contributed by atoms with Gasteiger partial charge in [0.25, 0.3) is 0 Å². The van der Waals surface area contributed by atoms with E-state index in [2.05, 4.69) is 24.1 Å². The number of carboxylic acids is 1. The van der Waals surface area contributed by atoms with Crippen LogP contribution < -0.4 is 5.32 Å². The smallest absolute Gasteiger partial charge is 0.320 e. The third-order valence-corrected chi connectivity index (χ3v) is 3.17. The number of ether oxygens (including phenoxy) is 1. The Morgan fingerprint density at radius 1 is 1.44 bits per heavy atom. The maximum Gasteiger partial charge on any atom is 0.320 e. The molecule has 0 aliphatic carbocycles. The van der Waals surface area contributed by atoms with E-state index < -0.39 is 12.0 Å². The molecule has 0 amide bonds. The van der Waals surface area contributed by atoms with Gasteiger partial charge >= 0.3 is 5.97 Å². The van der Waals surface area contributed by atoms with Crippen LogP contribution >= 0.6 is 0 Å². The topological polar surface area (TPSA) is 61.8 Å². The summed E-state index contributed by atoms with van der Waals surface area (Å²) in [5, 5.41) is 12.2. The van der Waals surface area contributed by atoms with E-state index in [-0.39, 0.29) is 12.2 Å². The molecule has 1 heterocycles. The summed E-state index contributed by atoms with van der Waals surface area (Å²) in [5.41, 5.74) is 0. The Hall–Kier alpha value is -0.650. The highest BCUT2D eigenvalue weighted by molar-refractivity contribution is 5.73. The molecule has 0 saturated carbocycles. The summed E-state index contributed by atoms with van der Waals surface area (Å²) < 4.78 is 5.66. The molecule has 0 aromatic rings. The second-order valence-electron chi connectivity index (χ2n) is 5.15. The summed E-state index contributed by atoms with van der Waals surface area (Å²) in [6.45, 7) is 9.52. The van der Waals surface area contributed by atoms with Crippen molar-refractivity contribution in [1.82, 2.24) is 10.2 Å². The fraction of sp³-hybridized carbons (Fsp3) is 0.923. The first-order chi connectivity index (χ1) is 8.52. The number of morpholine rings is 1. The lowest BCUT2D eigenvalue weighted by Gasteiger charge is -2.35. The third-order valence-electron chi connectivity index (χ3n) is 3.17. The zero-order valence-corrected chi connectivity index (χ0v) is 11.7. The molecule has 1 aliphatic heterocycles. The summed E-state index contributed by atoms with van der Waals surface area (Å²) in [7, 11) is 0. The molecule has 3 unspecified atom stereocenters. The Morgan fingerprint density at radius 2 is 2.06 bits per heavy atom. The molecule has 0 spiro atoms. The second kappa shape index (κ2) is 7.71. The molecule has 0 radical (unpaired) electrons. The van der Waals surface area contributed by atoms with E-state index in [1.807, 2.05) is 6.92 Å². The van der Waals surface area contributed by atoms with Gasteiger partial charge in [-0.3, -0.25) is 9.69 Å². The van der Waals surface area contributed by atoms with Crippen molar-refractivity contribution in [2.75, 3.05) is 26.2 Å². The molecule has 5 heteroatoms. The molecule has 5 nitrogen and oxygen atoms in total. The second-order valence-corrected chi connectivity index (χ2v) is 5.15. The van der Waals surface area contributed by atoms with Gasteiger partial charge in [-0.05, 0) is 33.2 Å². The van der Waals surface area contributed by atoms with Crippen LogP contribution in [0, 0.1) is 0 Å². The van der Waals surface area contributed by atoms with Crippen LogP contribution in [0.4, 0.5) is 0 Å². The number of carbonyl (C=O) groups is 1. The summed E-state index contributed by atoms with van der Waals surface area (Å²) in [5.74, 6) is -0.752. The van der Waals surface area contributed by atoms with Crippen molar-refractivity contribution >= 4 is 5.97 Å². The highest BCUT2D eigenvalue weighted by Crippen LogP contribution is 2.11. The van der Waals surface area contributed by atoms with Crippen molar-refractivity contribution in [3.05, 3.63) is 0 Å². The largest absolute Gasteiger partial charge is 0.480 e. The Bertz CT molecular complexity index is 251. The minimum atomic E-state index is -0.752. The summed E-state index contributed by atoms with van der Waals surface area (Å²) in [4.78, 5) is 13.4. The number of aliphatic carboxylic acids is 1. The standard InChI is InChI=1S/C13H26N2O3/c1-4-6-14-12(13(16)17)5-7-15-8-10(2)18-11(3)9-15/h10-12,14H,4-9H2,1-3H3,(H,16,17). The molecule has 18 heavy (non-hydrogen) atoms. The quantitative estimate of drug-likeness (QED) is 0.711. The minimum Gasteiger partial charge on any atom is -0.480 e. The molecule has 1 fully saturated rings. The number of nitrogens with zero attached hydrogens (tertiary/aromatic N) is 1. The number of nitrogens with one attached hydrogen (secondary N) is 1. The Balaban J connectivity index is 2.34. The van der Waals surface area contributed by atoms with E-state index in [0.29, 0.717) is 6.42 Å². The SMILES string of the molecule is CCCNC(CCN1CC(C)OC(C)C1)C(=O)O. The normalized spacial score (nSPS) is 27.1. The predicted octanol–water partition coefficient (Wildman–Crippen LogP) is 0.939. The lowest BCUT2D eigenvalue weighted by atomic mass is 10.1. The van der Waals surface area contributed by atoms with E-state index in [1.165, 1.54) is 0 Å². The van der Waals surface area contributed by atoms with Crippen molar-refractivity contribution < 1.29 is 14.6 Å². The molecule has 0 aromatic heterocycles. The van der Waals surface area contributed by atoms with Crippen LogP contribution in [0.15, 0.2) is 0 Å². The van der Waals surface area contributed by atoms with Crippen LogP contribution in [0.25, 0.3) is 0 Å². The molecule has 0 bridgehead atoms. The molecular weight excluding hydrogens is 232 g/mol. The number of hydrogen-bond donors (Lipinski definition) is 2. The third kappa shape index (κ3) is 5.33. The first-order valence-corrected chi connectivity index (χ1v) is 6.87. The Morgan fingerprint density at radius 3 is 2.56 bits per heavy atom. The predicted molar refractivity (Wildman–Crippen MR) is 70.8 cm³/mol. The van der Waals surface area contributed by atoms with Crippen LogP contribution in [0.1, 0.15) is 33.6 Å². The zero-order valence-electron chi connectivity index (χ0n) is 11.7. The molecular formula is C13H26N2O3. The van der Waals surface area contributed by atoms with Crippen LogP contribution in [0.2, 0.25) is 0 Å². The highest BCUT2D eigenvalue weighted by atomic mass is 16.5. The van der Waals surface area contributed by atoms with Gasteiger partial charge in [-0.1, -0.05) is 6.92 Å². The number of carboxylic acid groups (broad SMARTS) is 1. The van der Waals surface area contributed by atoms with Gasteiger partial charge in [0.2, 0.25) is 0 Å². The van der Waals surface area contributed by atoms with Crippen LogP contribution in [0.3, 0.4) is 0 Å². The lowest BCUT2D eigenvalue weighted by molar-refractivity contribution is -0.139. The molecule has 106 valence electrons. The van der Waals surface area contributed by atoms with Crippen molar-refractivity contribution in [1.29, 1.82) is 0 Å². The monoisotopic (exact) mass is 258 g/mol. The molecule has 3 atom stereocenters. The van der Waals surface area contributed by atoms with Crippen molar-refractivity contribution in [3.8, 4) is 0 Å². The average molecular weight is 258 g/mol. The fourth-order valence-corrected chi connectivity index (χ4v) is 2.41. The van der Waals surface area contributed by atoms with Crippen LogP contribution in [-0.4, -0.2) is 60.4 Å². The highest BCUT2D eigenvalue weighted by Gasteiger charge is 2.24. The van der Waals surface area contributed by atoms with Gasteiger partial charge in [0, 0.05) is 19.6 Å². The number of hydrogen-bond acceptors (Lipinski definition) is 4. The van der Waals surface area contributed by atoms with Gasteiger partial charge in [0.05, 0.1) is 12.2 Å².